The molecule has 3 nitrogen and oxygen atoms in total. The van der Waals surface area contributed by atoms with Crippen LogP contribution in [0.25, 0.3) is 0 Å². The van der Waals surface area contributed by atoms with Crippen LogP contribution in [0, 0.1) is 13.8 Å². The first kappa shape index (κ1) is 13.8. The van der Waals surface area contributed by atoms with Crippen LogP contribution in [0.1, 0.15) is 24.0 Å². The topological polar surface area (TPSA) is 27.7 Å². The van der Waals surface area contributed by atoms with Crippen LogP contribution in [0.3, 0.4) is 0 Å². The SMILES string of the molecule is Cc1cc(OCCC2OCCCO2)cc(C)c1Br. The Balaban J connectivity index is 1.82. The highest BCUT2D eigenvalue weighted by Crippen LogP contribution is 2.26. The molecule has 0 saturated carbocycles. The van der Waals surface area contributed by atoms with E-state index in [2.05, 4.69) is 29.8 Å². The highest BCUT2D eigenvalue weighted by molar-refractivity contribution is 9.10. The summed E-state index contributed by atoms with van der Waals surface area (Å²) in [5, 5.41) is 0. The van der Waals surface area contributed by atoms with E-state index in [1.165, 1.54) is 11.1 Å². The van der Waals surface area contributed by atoms with Gasteiger partial charge in [0, 0.05) is 10.9 Å². The quantitative estimate of drug-likeness (QED) is 0.850. The van der Waals surface area contributed by atoms with E-state index in [1.807, 2.05) is 12.1 Å². The average Bonchev–Trinajstić information content (AvgIpc) is 2.37. The van der Waals surface area contributed by atoms with Crippen molar-refractivity contribution < 1.29 is 14.2 Å². The van der Waals surface area contributed by atoms with Gasteiger partial charge in [0.15, 0.2) is 6.29 Å². The van der Waals surface area contributed by atoms with Crippen LogP contribution < -0.4 is 4.74 Å². The number of aryl methyl sites for hydroxylation is 2. The Morgan fingerprint density at radius 1 is 1.22 bits per heavy atom. The minimum absolute atomic E-state index is 0.101. The van der Waals surface area contributed by atoms with Gasteiger partial charge in [-0.25, -0.2) is 0 Å². The summed E-state index contributed by atoms with van der Waals surface area (Å²) < 4.78 is 17.8. The molecule has 0 aliphatic carbocycles. The molecule has 2 rings (SSSR count). The fourth-order valence-corrected chi connectivity index (χ4v) is 2.19. The molecule has 0 spiro atoms. The second-order valence-corrected chi connectivity index (χ2v) is 5.33. The highest BCUT2D eigenvalue weighted by atomic mass is 79.9. The number of ether oxygens (including phenoxy) is 3. The van der Waals surface area contributed by atoms with Crippen molar-refractivity contribution in [2.24, 2.45) is 0 Å². The van der Waals surface area contributed by atoms with Crippen LogP contribution in [0.4, 0.5) is 0 Å². The fourth-order valence-electron chi connectivity index (χ4n) is 1.97. The Hall–Kier alpha value is -0.580. The van der Waals surface area contributed by atoms with E-state index in [9.17, 15) is 0 Å². The van der Waals surface area contributed by atoms with Gasteiger partial charge in [0.25, 0.3) is 0 Å². The van der Waals surface area contributed by atoms with Crippen molar-refractivity contribution >= 4 is 15.9 Å². The van der Waals surface area contributed by atoms with Gasteiger partial charge >= 0.3 is 0 Å². The van der Waals surface area contributed by atoms with E-state index in [0.717, 1.165) is 36.3 Å². The molecule has 4 heteroatoms. The molecule has 0 atom stereocenters. The first-order chi connectivity index (χ1) is 8.66. The van der Waals surface area contributed by atoms with E-state index < -0.39 is 0 Å². The number of rotatable bonds is 4. The van der Waals surface area contributed by atoms with E-state index in [4.69, 9.17) is 14.2 Å². The first-order valence-corrected chi connectivity index (χ1v) is 7.09. The summed E-state index contributed by atoms with van der Waals surface area (Å²) in [6.45, 7) is 6.34. The fraction of sp³-hybridized carbons (Fsp3) is 0.571. The minimum Gasteiger partial charge on any atom is -0.493 e. The summed E-state index contributed by atoms with van der Waals surface area (Å²) >= 11 is 3.55. The van der Waals surface area contributed by atoms with E-state index >= 15 is 0 Å². The van der Waals surface area contributed by atoms with Crippen molar-refractivity contribution in [1.82, 2.24) is 0 Å². The molecule has 0 aromatic heterocycles. The molecule has 100 valence electrons. The molecule has 0 N–H and O–H groups in total. The first-order valence-electron chi connectivity index (χ1n) is 6.29. The summed E-state index contributed by atoms with van der Waals surface area (Å²) in [5.74, 6) is 0.906. The summed E-state index contributed by atoms with van der Waals surface area (Å²) in [6.07, 6.45) is 1.66. The Bertz CT molecular complexity index is 377. The van der Waals surface area contributed by atoms with E-state index in [0.29, 0.717) is 6.61 Å². The third-order valence-corrected chi connectivity index (χ3v) is 4.18. The summed E-state index contributed by atoms with van der Waals surface area (Å²) in [5.41, 5.74) is 2.38. The van der Waals surface area contributed by atoms with Crippen LogP contribution in [0.2, 0.25) is 0 Å². The summed E-state index contributed by atoms with van der Waals surface area (Å²) in [4.78, 5) is 0. The molecule has 0 unspecified atom stereocenters. The van der Waals surface area contributed by atoms with Gasteiger partial charge in [-0.05, 0) is 43.5 Å². The zero-order valence-corrected chi connectivity index (χ0v) is 12.5. The monoisotopic (exact) mass is 314 g/mol. The van der Waals surface area contributed by atoms with Crippen molar-refractivity contribution in [3.05, 3.63) is 27.7 Å². The lowest BCUT2D eigenvalue weighted by Crippen LogP contribution is -2.26. The van der Waals surface area contributed by atoms with Crippen LogP contribution >= 0.6 is 15.9 Å². The van der Waals surface area contributed by atoms with Crippen LogP contribution in [-0.2, 0) is 9.47 Å². The normalized spacial score (nSPS) is 16.8. The maximum absolute atomic E-state index is 5.74. The zero-order chi connectivity index (χ0) is 13.0. The van der Waals surface area contributed by atoms with Crippen molar-refractivity contribution in [2.75, 3.05) is 19.8 Å². The van der Waals surface area contributed by atoms with Gasteiger partial charge in [-0.3, -0.25) is 0 Å². The van der Waals surface area contributed by atoms with Crippen LogP contribution in [0.15, 0.2) is 16.6 Å². The second-order valence-electron chi connectivity index (χ2n) is 4.53. The van der Waals surface area contributed by atoms with Gasteiger partial charge in [0.05, 0.1) is 19.8 Å². The van der Waals surface area contributed by atoms with Gasteiger partial charge < -0.3 is 14.2 Å². The van der Waals surface area contributed by atoms with Gasteiger partial charge in [0.1, 0.15) is 5.75 Å². The largest absolute Gasteiger partial charge is 0.493 e. The molecular formula is C14H19BrO3. The molecule has 1 aromatic rings. The van der Waals surface area contributed by atoms with Crippen molar-refractivity contribution in [3.8, 4) is 5.75 Å². The minimum atomic E-state index is -0.101. The average molecular weight is 315 g/mol. The van der Waals surface area contributed by atoms with Crippen LogP contribution in [-0.4, -0.2) is 26.1 Å². The standard InChI is InChI=1S/C14H19BrO3/c1-10-8-12(9-11(2)14(10)15)16-7-4-13-17-5-3-6-18-13/h8-9,13H,3-7H2,1-2H3. The molecule has 1 fully saturated rings. The zero-order valence-electron chi connectivity index (χ0n) is 10.9. The molecule has 0 amide bonds. The second kappa shape index (κ2) is 6.55. The highest BCUT2D eigenvalue weighted by Gasteiger charge is 2.14. The molecule has 1 aliphatic heterocycles. The van der Waals surface area contributed by atoms with E-state index in [1.54, 1.807) is 0 Å². The molecule has 1 aromatic carbocycles. The molecule has 0 radical (unpaired) electrons. The van der Waals surface area contributed by atoms with Gasteiger partial charge in [-0.15, -0.1) is 0 Å². The molecule has 1 aliphatic rings. The predicted molar refractivity (Wildman–Crippen MR) is 74.0 cm³/mol. The molecular weight excluding hydrogens is 296 g/mol. The third-order valence-electron chi connectivity index (χ3n) is 2.93. The smallest absolute Gasteiger partial charge is 0.160 e. The number of benzene rings is 1. The van der Waals surface area contributed by atoms with Gasteiger partial charge in [0.2, 0.25) is 0 Å². The maximum atomic E-state index is 5.74. The third kappa shape index (κ3) is 3.70. The van der Waals surface area contributed by atoms with Crippen molar-refractivity contribution in [2.45, 2.75) is 33.0 Å². The lowest BCUT2D eigenvalue weighted by molar-refractivity contribution is -0.183. The van der Waals surface area contributed by atoms with Crippen LogP contribution in [0.5, 0.6) is 5.75 Å². The van der Waals surface area contributed by atoms with Crippen molar-refractivity contribution in [3.63, 3.8) is 0 Å². The van der Waals surface area contributed by atoms with E-state index in [-0.39, 0.29) is 6.29 Å². The number of halogens is 1. The molecule has 0 bridgehead atoms. The molecule has 1 heterocycles. The number of hydrogen-bond donors (Lipinski definition) is 0. The Morgan fingerprint density at radius 3 is 2.44 bits per heavy atom. The molecule has 1 saturated heterocycles. The van der Waals surface area contributed by atoms with Crippen molar-refractivity contribution in [1.29, 1.82) is 0 Å². The Morgan fingerprint density at radius 2 is 1.83 bits per heavy atom. The Kier molecular flexibility index (Phi) is 5.03. The summed E-state index contributed by atoms with van der Waals surface area (Å²) in [7, 11) is 0. The summed E-state index contributed by atoms with van der Waals surface area (Å²) in [6, 6.07) is 4.08. The maximum Gasteiger partial charge on any atom is 0.160 e. The molecule has 18 heavy (non-hydrogen) atoms. The predicted octanol–water partition coefficient (Wildman–Crippen LogP) is 3.60. The lowest BCUT2D eigenvalue weighted by Gasteiger charge is -2.23. The lowest BCUT2D eigenvalue weighted by atomic mass is 10.1. The van der Waals surface area contributed by atoms with Gasteiger partial charge in [-0.2, -0.15) is 0 Å². The Labute approximate surface area is 117 Å². The van der Waals surface area contributed by atoms with Gasteiger partial charge in [-0.1, -0.05) is 15.9 Å². The number of hydrogen-bond acceptors (Lipinski definition) is 3.